The van der Waals surface area contributed by atoms with Crippen LogP contribution in [0.1, 0.15) is 86.7 Å². The number of amides is 1. The number of rotatable bonds is 11. The zero-order chi connectivity index (χ0) is 44.1. The van der Waals surface area contributed by atoms with Crippen molar-refractivity contribution in [2.75, 3.05) is 20.8 Å². The van der Waals surface area contributed by atoms with Crippen molar-refractivity contribution in [3.8, 4) is 0 Å². The summed E-state index contributed by atoms with van der Waals surface area (Å²) in [5.74, 6) is -5.11. The van der Waals surface area contributed by atoms with Crippen LogP contribution in [-0.2, 0) is 42.8 Å². The number of benzene rings is 3. The van der Waals surface area contributed by atoms with Crippen molar-refractivity contribution in [2.45, 2.75) is 102 Å². The van der Waals surface area contributed by atoms with Crippen LogP contribution in [0.4, 0.5) is 0 Å². The van der Waals surface area contributed by atoms with Gasteiger partial charge in [-0.3, -0.25) is 14.4 Å². The van der Waals surface area contributed by atoms with Gasteiger partial charge in [0, 0.05) is 50.9 Å². The minimum absolute atomic E-state index is 0.128. The summed E-state index contributed by atoms with van der Waals surface area (Å²) < 4.78 is 37.2. The largest absolute Gasteiger partial charge is 0.456 e. The number of Topliss-reactive ketones (excluding diaryl/α,β-unsaturated/α-hetero) is 1. The normalized spacial score (nSPS) is 32.3. The number of nitrogens with one attached hydrogen (secondary N) is 1. The van der Waals surface area contributed by atoms with Crippen LogP contribution in [0, 0.1) is 22.7 Å². The van der Waals surface area contributed by atoms with Gasteiger partial charge < -0.3 is 38.8 Å². The van der Waals surface area contributed by atoms with E-state index in [2.05, 4.69) is 5.32 Å². The minimum atomic E-state index is -2.09. The second kappa shape index (κ2) is 16.6. The van der Waals surface area contributed by atoms with Gasteiger partial charge >= 0.3 is 17.9 Å². The molecule has 3 aliphatic carbocycles. The first-order valence-corrected chi connectivity index (χ1v) is 20.7. The maximum atomic E-state index is 15.5. The van der Waals surface area contributed by atoms with Crippen molar-refractivity contribution < 1.29 is 57.5 Å². The van der Waals surface area contributed by atoms with Crippen LogP contribution in [-0.4, -0.2) is 97.3 Å². The molecule has 13 heteroatoms. The number of fused-ring (bicyclic) bond motifs is 5. The van der Waals surface area contributed by atoms with E-state index in [1.807, 2.05) is 6.07 Å². The lowest BCUT2D eigenvalue weighted by Gasteiger charge is -2.68. The fourth-order valence-corrected chi connectivity index (χ4v) is 11.0. The molecule has 61 heavy (non-hydrogen) atoms. The van der Waals surface area contributed by atoms with Gasteiger partial charge in [0.15, 0.2) is 11.7 Å². The summed E-state index contributed by atoms with van der Waals surface area (Å²) >= 11 is 0. The smallest absolute Gasteiger partial charge is 0.338 e. The second-order valence-corrected chi connectivity index (χ2v) is 17.5. The fraction of sp³-hybridized carbons (Fsp3) is 0.479. The van der Waals surface area contributed by atoms with Gasteiger partial charge in [0.2, 0.25) is 0 Å². The average Bonchev–Trinajstić information content (AvgIpc) is 3.24. The highest BCUT2D eigenvalue weighted by Crippen LogP contribution is 2.65. The summed E-state index contributed by atoms with van der Waals surface area (Å²) in [5.41, 5.74) is -4.27. The predicted molar refractivity (Wildman–Crippen MR) is 221 cm³/mol. The van der Waals surface area contributed by atoms with Crippen LogP contribution in [0.5, 0.6) is 0 Å². The van der Waals surface area contributed by atoms with Crippen molar-refractivity contribution in [1.82, 2.24) is 5.32 Å². The van der Waals surface area contributed by atoms with E-state index in [1.54, 1.807) is 120 Å². The molecule has 1 heterocycles. The highest BCUT2D eigenvalue weighted by molar-refractivity contribution is 5.95. The molecule has 2 N–H and O–H groups in total. The van der Waals surface area contributed by atoms with E-state index in [0.29, 0.717) is 22.3 Å². The molecule has 11 atom stereocenters. The third-order valence-electron chi connectivity index (χ3n) is 14.0. The molecule has 324 valence electrons. The lowest BCUT2D eigenvalue weighted by atomic mass is 9.43. The van der Waals surface area contributed by atoms with Crippen molar-refractivity contribution in [3.63, 3.8) is 0 Å². The first-order chi connectivity index (χ1) is 29.0. The molecular formula is C48H55NO12. The molecule has 3 aromatic carbocycles. The Morgan fingerprint density at radius 1 is 0.869 bits per heavy atom. The molecule has 1 unspecified atom stereocenters. The number of aliphatic hydroxyl groups is 1. The standard InChI is InChI=1S/C48H55NO12/c1-27-33(59-44(54)38(57-8)37(30-18-12-9-13-19-30)49-42(52)31-20-14-10-15-21-31)25-48(55)41(60-43(53)32-22-16-11-17-23-32)39-46(6,40(51)28(2)36(27)45(48,4)5)34(56-7)24-35-47(39,26-58-35)61-29(3)50/h9-23,28,33-35,37-39,41,55H,24-26H2,1-8H3,(H,49,52)/t28-,33?,34+,35-,37-,38+,39-,41-,46-,47+,48-/m1/s1. The van der Waals surface area contributed by atoms with Gasteiger partial charge in [-0.1, -0.05) is 87.5 Å². The first-order valence-electron chi connectivity index (χ1n) is 20.7. The molecule has 0 spiro atoms. The molecule has 1 amide bonds. The monoisotopic (exact) mass is 837 g/mol. The Hall–Kier alpha value is -5.21. The van der Waals surface area contributed by atoms with Gasteiger partial charge in [-0.05, 0) is 54.8 Å². The number of ether oxygens (including phenoxy) is 6. The van der Waals surface area contributed by atoms with E-state index in [4.69, 9.17) is 28.4 Å². The zero-order valence-corrected chi connectivity index (χ0v) is 35.8. The number of methoxy groups -OCH3 is 2. The predicted octanol–water partition coefficient (Wildman–Crippen LogP) is 5.75. The van der Waals surface area contributed by atoms with E-state index < -0.39 is 94.2 Å². The second-order valence-electron chi connectivity index (χ2n) is 17.5. The highest BCUT2D eigenvalue weighted by atomic mass is 16.6. The van der Waals surface area contributed by atoms with Gasteiger partial charge in [-0.15, -0.1) is 0 Å². The quantitative estimate of drug-likeness (QED) is 0.136. The Kier molecular flexibility index (Phi) is 11.9. The average molecular weight is 838 g/mol. The molecule has 4 aliphatic rings. The SMILES string of the molecule is CO[C@H](C(=O)OC1C[C@@]2(O)[C@H](OC(=O)c3ccccc3)[C@H]3[C@]4(OC(C)=O)CO[C@@H]4C[C@H](OC)[C@@]3(C)C(=O)[C@H](C)C(=C1C)C2(C)C)[C@H](NC(=O)c1ccccc1)c1ccccc1. The molecule has 13 nitrogen and oxygen atoms in total. The van der Waals surface area contributed by atoms with Gasteiger partial charge in [0.25, 0.3) is 5.91 Å². The van der Waals surface area contributed by atoms with Crippen molar-refractivity contribution in [3.05, 3.63) is 119 Å². The summed E-state index contributed by atoms with van der Waals surface area (Å²) in [5, 5.41) is 16.7. The van der Waals surface area contributed by atoms with Crippen molar-refractivity contribution >= 4 is 29.6 Å². The van der Waals surface area contributed by atoms with Crippen LogP contribution in [0.25, 0.3) is 0 Å². The van der Waals surface area contributed by atoms with Crippen molar-refractivity contribution in [2.24, 2.45) is 22.7 Å². The maximum Gasteiger partial charge on any atom is 0.338 e. The number of hydrogen-bond donors (Lipinski definition) is 2. The van der Waals surface area contributed by atoms with Gasteiger partial charge in [-0.25, -0.2) is 9.59 Å². The molecular weight excluding hydrogens is 783 g/mol. The molecule has 0 radical (unpaired) electrons. The van der Waals surface area contributed by atoms with Gasteiger partial charge in [0.1, 0.15) is 29.7 Å². The number of carbonyl (C=O) groups is 5. The molecule has 1 aliphatic heterocycles. The number of carbonyl (C=O) groups excluding carboxylic acids is 5. The van der Waals surface area contributed by atoms with Crippen LogP contribution < -0.4 is 5.32 Å². The Balaban J connectivity index is 1.37. The van der Waals surface area contributed by atoms with E-state index in [-0.39, 0.29) is 30.8 Å². The first kappa shape index (κ1) is 43.9. The van der Waals surface area contributed by atoms with E-state index >= 15 is 4.79 Å². The molecule has 2 bridgehead atoms. The molecule has 3 aromatic rings. The molecule has 1 saturated heterocycles. The fourth-order valence-electron chi connectivity index (χ4n) is 11.0. The lowest BCUT2D eigenvalue weighted by molar-refractivity contribution is -0.346. The van der Waals surface area contributed by atoms with Crippen molar-refractivity contribution in [1.29, 1.82) is 0 Å². The van der Waals surface area contributed by atoms with Gasteiger partial charge in [-0.2, -0.15) is 0 Å². The van der Waals surface area contributed by atoms with Crippen LogP contribution >= 0.6 is 0 Å². The minimum Gasteiger partial charge on any atom is -0.456 e. The molecule has 2 saturated carbocycles. The zero-order valence-electron chi connectivity index (χ0n) is 35.8. The number of esters is 3. The third-order valence-corrected chi connectivity index (χ3v) is 14.0. The Bertz CT molecular complexity index is 2190. The third kappa shape index (κ3) is 7.18. The summed E-state index contributed by atoms with van der Waals surface area (Å²) in [7, 11) is 2.83. The van der Waals surface area contributed by atoms with Gasteiger partial charge in [0.05, 0.1) is 35.6 Å². The summed E-state index contributed by atoms with van der Waals surface area (Å²) in [4.78, 5) is 71.1. The molecule has 0 aromatic heterocycles. The maximum absolute atomic E-state index is 15.5. The summed E-state index contributed by atoms with van der Waals surface area (Å²) in [6.45, 7) is 9.95. The Morgan fingerprint density at radius 3 is 2.00 bits per heavy atom. The van der Waals surface area contributed by atoms with E-state index in [9.17, 15) is 24.3 Å². The molecule has 3 fully saturated rings. The summed E-state index contributed by atoms with van der Waals surface area (Å²) in [6, 6.07) is 24.7. The lowest BCUT2D eigenvalue weighted by Crippen LogP contribution is -2.81. The van der Waals surface area contributed by atoms with E-state index in [1.165, 1.54) is 21.1 Å². The highest BCUT2D eigenvalue weighted by Gasteiger charge is 2.78. The van der Waals surface area contributed by atoms with E-state index in [0.717, 1.165) is 0 Å². The number of ketones is 1. The van der Waals surface area contributed by atoms with Crippen LogP contribution in [0.2, 0.25) is 0 Å². The Morgan fingerprint density at radius 2 is 1.46 bits per heavy atom. The topological polar surface area (TPSA) is 173 Å². The summed E-state index contributed by atoms with van der Waals surface area (Å²) in [6.07, 6.45) is -5.80. The van der Waals surface area contributed by atoms with Crippen LogP contribution in [0.3, 0.4) is 0 Å². The Labute approximate surface area is 356 Å². The molecule has 7 rings (SSSR count). The number of hydrogen-bond acceptors (Lipinski definition) is 12. The van der Waals surface area contributed by atoms with Crippen LogP contribution in [0.15, 0.2) is 102 Å².